The molecule has 0 unspecified atom stereocenters. The number of hydrogen-bond donors (Lipinski definition) is 1. The third kappa shape index (κ3) is 7.16. The third-order valence-electron chi connectivity index (χ3n) is 7.43. The molecule has 8 heteroatoms. The predicted molar refractivity (Wildman–Crippen MR) is 153 cm³/mol. The van der Waals surface area contributed by atoms with E-state index in [2.05, 4.69) is 54.4 Å². The number of nitrogens with one attached hydrogen (secondary N) is 1. The number of methoxy groups -OCH3 is 1. The van der Waals surface area contributed by atoms with E-state index in [1.807, 2.05) is 25.7 Å². The second-order valence-electron chi connectivity index (χ2n) is 11.8. The maximum absolute atomic E-state index is 13.5. The number of ether oxygens (including phenoxy) is 2. The molecule has 1 aromatic heterocycles. The topological polar surface area (TPSA) is 71.1 Å². The van der Waals surface area contributed by atoms with Crippen LogP contribution in [0.2, 0.25) is 0 Å². The molecule has 2 fully saturated rings. The lowest BCUT2D eigenvalue weighted by Crippen LogP contribution is -2.41. The number of likely N-dealkylation sites (tertiary alicyclic amines) is 2. The zero-order chi connectivity index (χ0) is 27.4. The molecule has 1 atom stereocenters. The molecule has 0 bridgehead atoms. The SMILES string of the molecule is COCc1cc(-c2ccc(C3CCN(C(C)C)CC3)cc2)sc1C(=O)N1CC[C@H](NC(=O)OC(C)(C)C)C1. The van der Waals surface area contributed by atoms with Crippen LogP contribution >= 0.6 is 11.3 Å². The average Bonchev–Trinajstić information content (AvgIpc) is 3.50. The Bertz CT molecular complexity index is 1100. The maximum atomic E-state index is 13.5. The second-order valence-corrected chi connectivity index (χ2v) is 12.9. The van der Waals surface area contributed by atoms with Crippen molar-refractivity contribution in [3.05, 3.63) is 46.3 Å². The maximum Gasteiger partial charge on any atom is 0.407 e. The van der Waals surface area contributed by atoms with E-state index in [-0.39, 0.29) is 11.9 Å². The number of nitrogens with zero attached hydrogens (tertiary/aromatic N) is 2. The van der Waals surface area contributed by atoms with E-state index in [1.165, 1.54) is 29.7 Å². The van der Waals surface area contributed by atoms with Gasteiger partial charge in [0.15, 0.2) is 0 Å². The molecular formula is C30H43N3O4S. The van der Waals surface area contributed by atoms with Crippen molar-refractivity contribution in [3.8, 4) is 10.4 Å². The highest BCUT2D eigenvalue weighted by Crippen LogP contribution is 2.35. The van der Waals surface area contributed by atoms with Crippen molar-refractivity contribution in [3.63, 3.8) is 0 Å². The van der Waals surface area contributed by atoms with Crippen molar-refractivity contribution < 1.29 is 19.1 Å². The van der Waals surface area contributed by atoms with Crippen molar-refractivity contribution in [2.75, 3.05) is 33.3 Å². The molecule has 3 heterocycles. The van der Waals surface area contributed by atoms with Crippen molar-refractivity contribution >= 4 is 23.3 Å². The Morgan fingerprint density at radius 3 is 2.37 bits per heavy atom. The van der Waals surface area contributed by atoms with Gasteiger partial charge in [0.2, 0.25) is 0 Å². The first kappa shape index (κ1) is 28.6. The predicted octanol–water partition coefficient (Wildman–Crippen LogP) is 5.89. The van der Waals surface area contributed by atoms with Gasteiger partial charge in [-0.15, -0.1) is 11.3 Å². The summed E-state index contributed by atoms with van der Waals surface area (Å²) in [5.74, 6) is 0.608. The van der Waals surface area contributed by atoms with Crippen LogP contribution in [0.3, 0.4) is 0 Å². The summed E-state index contributed by atoms with van der Waals surface area (Å²) >= 11 is 1.53. The van der Waals surface area contributed by atoms with E-state index in [9.17, 15) is 9.59 Å². The molecule has 1 aromatic carbocycles. The Labute approximate surface area is 231 Å². The number of benzene rings is 1. The number of carbonyl (C=O) groups excluding carboxylic acids is 2. The summed E-state index contributed by atoms with van der Waals surface area (Å²) in [6.45, 7) is 13.8. The number of thiophene rings is 1. The molecule has 2 aromatic rings. The molecule has 2 aliphatic heterocycles. The van der Waals surface area contributed by atoms with Gasteiger partial charge < -0.3 is 24.6 Å². The first-order valence-corrected chi connectivity index (χ1v) is 14.6. The summed E-state index contributed by atoms with van der Waals surface area (Å²) in [6, 6.07) is 11.5. The van der Waals surface area contributed by atoms with Crippen molar-refractivity contribution in [1.29, 1.82) is 0 Å². The van der Waals surface area contributed by atoms with Crippen LogP contribution in [0.5, 0.6) is 0 Å². The van der Waals surface area contributed by atoms with Gasteiger partial charge >= 0.3 is 6.09 Å². The fourth-order valence-electron chi connectivity index (χ4n) is 5.36. The summed E-state index contributed by atoms with van der Waals surface area (Å²) in [7, 11) is 1.65. The van der Waals surface area contributed by atoms with Crippen LogP contribution in [0, 0.1) is 0 Å². The monoisotopic (exact) mass is 541 g/mol. The standard InChI is InChI=1S/C30H43N3O4S/c1-20(2)32-14-11-22(12-15-32)21-7-9-23(10-8-21)26-17-24(19-36-6)27(38-26)28(34)33-16-13-25(18-33)31-29(35)37-30(3,4)5/h7-10,17,20,22,25H,11-16,18-19H2,1-6H3,(H,31,35)/t25-/m0/s1. The fourth-order valence-corrected chi connectivity index (χ4v) is 6.50. The Hall–Kier alpha value is -2.42. The van der Waals surface area contributed by atoms with Crippen molar-refractivity contribution in [1.82, 2.24) is 15.1 Å². The van der Waals surface area contributed by atoms with Gasteiger partial charge in [-0.1, -0.05) is 24.3 Å². The van der Waals surface area contributed by atoms with Gasteiger partial charge in [-0.25, -0.2) is 4.79 Å². The minimum Gasteiger partial charge on any atom is -0.444 e. The lowest BCUT2D eigenvalue weighted by molar-refractivity contribution is 0.0502. The molecule has 0 aliphatic carbocycles. The van der Waals surface area contributed by atoms with E-state index in [0.717, 1.165) is 29.1 Å². The molecule has 208 valence electrons. The molecule has 0 spiro atoms. The normalized spacial score (nSPS) is 19.2. The molecule has 4 rings (SSSR count). The lowest BCUT2D eigenvalue weighted by atomic mass is 9.88. The highest BCUT2D eigenvalue weighted by Gasteiger charge is 2.31. The van der Waals surface area contributed by atoms with Gasteiger partial charge in [0.05, 0.1) is 17.5 Å². The smallest absolute Gasteiger partial charge is 0.407 e. The Kier molecular flexibility index (Phi) is 9.16. The first-order chi connectivity index (χ1) is 18.0. The summed E-state index contributed by atoms with van der Waals surface area (Å²) in [4.78, 5) is 31.9. The molecule has 0 radical (unpaired) electrons. The molecule has 2 amide bonds. The molecular weight excluding hydrogens is 498 g/mol. The first-order valence-electron chi connectivity index (χ1n) is 13.8. The van der Waals surface area contributed by atoms with E-state index >= 15 is 0 Å². The molecule has 38 heavy (non-hydrogen) atoms. The number of hydrogen-bond acceptors (Lipinski definition) is 6. The summed E-state index contributed by atoms with van der Waals surface area (Å²) in [5.41, 5.74) is 2.89. The van der Waals surface area contributed by atoms with Crippen LogP contribution in [0.15, 0.2) is 30.3 Å². The number of piperidine rings is 1. The van der Waals surface area contributed by atoms with E-state index < -0.39 is 11.7 Å². The summed E-state index contributed by atoms with van der Waals surface area (Å²) in [6.07, 6.45) is 2.67. The molecule has 1 N–H and O–H groups in total. The minimum atomic E-state index is -0.551. The van der Waals surface area contributed by atoms with Crippen LogP contribution in [-0.2, 0) is 16.1 Å². The summed E-state index contributed by atoms with van der Waals surface area (Å²) < 4.78 is 10.8. The summed E-state index contributed by atoms with van der Waals surface area (Å²) in [5, 5.41) is 2.90. The van der Waals surface area contributed by atoms with Crippen LogP contribution in [0.25, 0.3) is 10.4 Å². The average molecular weight is 542 g/mol. The largest absolute Gasteiger partial charge is 0.444 e. The van der Waals surface area contributed by atoms with Crippen molar-refractivity contribution in [2.45, 2.75) is 84.1 Å². The van der Waals surface area contributed by atoms with Crippen LogP contribution < -0.4 is 5.32 Å². The zero-order valence-electron chi connectivity index (χ0n) is 23.7. The van der Waals surface area contributed by atoms with Gasteiger partial charge in [0.1, 0.15) is 5.60 Å². The van der Waals surface area contributed by atoms with Crippen LogP contribution in [0.4, 0.5) is 4.79 Å². The van der Waals surface area contributed by atoms with Crippen LogP contribution in [0.1, 0.15) is 80.6 Å². The minimum absolute atomic E-state index is 0.00433. The lowest BCUT2D eigenvalue weighted by Gasteiger charge is -2.34. The highest BCUT2D eigenvalue weighted by molar-refractivity contribution is 7.17. The molecule has 0 saturated carbocycles. The second kappa shape index (κ2) is 12.2. The number of carbonyl (C=O) groups is 2. The number of amides is 2. The number of alkyl carbamates (subject to hydrolysis) is 1. The van der Waals surface area contributed by atoms with Gasteiger partial charge in [-0.2, -0.15) is 0 Å². The Morgan fingerprint density at radius 1 is 1.08 bits per heavy atom. The fraction of sp³-hybridized carbons (Fsp3) is 0.600. The van der Waals surface area contributed by atoms with Gasteiger partial charge in [0.25, 0.3) is 5.91 Å². The van der Waals surface area contributed by atoms with E-state index in [1.54, 1.807) is 7.11 Å². The van der Waals surface area contributed by atoms with Crippen molar-refractivity contribution in [2.24, 2.45) is 0 Å². The zero-order valence-corrected chi connectivity index (χ0v) is 24.5. The van der Waals surface area contributed by atoms with Gasteiger partial charge in [0, 0.05) is 36.7 Å². The van der Waals surface area contributed by atoms with Crippen LogP contribution in [-0.4, -0.2) is 72.8 Å². The molecule has 7 nitrogen and oxygen atoms in total. The van der Waals surface area contributed by atoms with Gasteiger partial charge in [-0.05, 0) is 90.1 Å². The van der Waals surface area contributed by atoms with E-state index in [4.69, 9.17) is 9.47 Å². The van der Waals surface area contributed by atoms with E-state index in [0.29, 0.717) is 43.0 Å². The highest BCUT2D eigenvalue weighted by atomic mass is 32.1. The third-order valence-corrected chi connectivity index (χ3v) is 8.64. The number of rotatable bonds is 7. The van der Waals surface area contributed by atoms with Gasteiger partial charge in [-0.3, -0.25) is 4.79 Å². The molecule has 2 aliphatic rings. The Balaban J connectivity index is 1.42. The molecule has 2 saturated heterocycles. The Morgan fingerprint density at radius 2 is 1.76 bits per heavy atom. The quantitative estimate of drug-likeness (QED) is 0.473.